The second-order valence-corrected chi connectivity index (χ2v) is 30.3. The standard InChI is InChI=1S/C21H21N9O3.2C16H19N9O.2C13H14N8O.4ClH/c1-4-22-18-15-17(27-29(18)2)25-20(26-21(31)23-12-7-9-13(32-3)10-8-12)30-19(15)24-16(28-30)14-6-5-11-33-14;2*1-22-5-7-24(8-6-22)15-11-13(20-23(15)2)19-16(17)25-14(11)18-12(21-25)10-4-3-9-26-10;2*1-3-15-11-8-10(18-20(11)2)17-13(14)21-12(8)16-9(19-21)7-5-4-6-22-7;;;;/h5-11,22H,4H2,1-3H3,(H2,23,25,26,27,31);2*3-4,9H,5-8H2,1-2H3,(H2,17,19,20);2*4-6,15H,3H2,1-2H3,(H2,14,17,18);4*1H/p-1. The molecule has 0 radical (unpaired) electrons. The summed E-state index contributed by atoms with van der Waals surface area (Å²) in [4.78, 5) is 65.4. The molecule has 0 spiro atoms. The molecule has 0 saturated carbocycles. The molecule has 20 aromatic heterocycles. The summed E-state index contributed by atoms with van der Waals surface area (Å²) in [5.41, 5.74) is 30.4. The molecule has 0 atom stereocenters. The summed E-state index contributed by atoms with van der Waals surface area (Å²) < 4.78 is 48.7. The van der Waals surface area contributed by atoms with Gasteiger partial charge in [-0.15, -0.1) is 35.7 Å². The normalized spacial score (nSPS) is 13.9. The largest absolute Gasteiger partial charge is 1.00 e. The van der Waals surface area contributed by atoms with E-state index < -0.39 is 6.03 Å². The number of methoxy groups -OCH3 is 1. The van der Waals surface area contributed by atoms with Crippen LogP contribution in [0.15, 0.2) is 138 Å². The first-order valence-electron chi connectivity index (χ1n) is 41.2. The number of nitrogens with zero attached hydrogens (tertiary/aromatic N) is 32. The summed E-state index contributed by atoms with van der Waals surface area (Å²) in [6.45, 7) is 16.5. The third-order valence-corrected chi connectivity index (χ3v) is 21.7. The van der Waals surface area contributed by atoms with Crippen molar-refractivity contribution in [1.82, 2.24) is 152 Å². The summed E-state index contributed by atoms with van der Waals surface area (Å²) >= 11 is 0. The maximum Gasteiger partial charge on any atom is 0.326 e. The quantitative estimate of drug-likeness (QED) is 0.0428. The number of urea groups is 1. The number of nitrogens with two attached hydrogens (primary N) is 5. The Labute approximate surface area is 776 Å². The Morgan fingerprint density at radius 1 is 0.421 bits per heavy atom. The fraction of sp³-hybridized carbons (Fsp3) is 0.278. The average Bonchev–Trinajstić information content (AvgIpc) is 1.63. The Morgan fingerprint density at radius 2 is 0.789 bits per heavy atom. The molecule has 692 valence electrons. The zero-order valence-corrected chi connectivity index (χ0v) is 76.3. The zero-order chi connectivity index (χ0) is 89.2. The van der Waals surface area contributed by atoms with Gasteiger partial charge in [0.15, 0.2) is 85.3 Å². The van der Waals surface area contributed by atoms with Crippen molar-refractivity contribution >= 4 is 154 Å². The number of furan rings is 5. The lowest BCUT2D eigenvalue weighted by Gasteiger charge is -2.33. The molecule has 1 aromatic carbocycles. The van der Waals surface area contributed by atoms with Crippen molar-refractivity contribution in [2.75, 3.05) is 142 Å². The molecule has 0 aliphatic carbocycles. The maximum absolute atomic E-state index is 12.7. The number of ether oxygens (including phenoxy) is 1. The number of carbonyl (C=O) groups is 1. The first-order valence-corrected chi connectivity index (χ1v) is 41.2. The molecule has 2 saturated heterocycles. The van der Waals surface area contributed by atoms with Crippen molar-refractivity contribution < 1.29 is 96.4 Å². The Bertz CT molecular complexity index is 7300. The van der Waals surface area contributed by atoms with Crippen molar-refractivity contribution in [2.24, 2.45) is 35.2 Å². The first kappa shape index (κ1) is 92.1. The minimum absolute atomic E-state index is 0. The van der Waals surface area contributed by atoms with E-state index >= 15 is 0 Å². The molecular weight excluding hydrogens is 1800 g/mol. The number of aromatic nitrogens is 30. The number of piperazine rings is 2. The van der Waals surface area contributed by atoms with Crippen LogP contribution in [0.25, 0.3) is 141 Å². The molecule has 22 heterocycles. The number of benzene rings is 1. The summed E-state index contributed by atoms with van der Waals surface area (Å²) in [7, 11) is 15.3. The first-order chi connectivity index (χ1) is 62.7. The van der Waals surface area contributed by atoms with E-state index in [1.807, 2.05) is 76.6 Å². The number of nitrogens with one attached hydrogen (secondary N) is 6. The molecule has 0 unspecified atom stereocenters. The van der Waals surface area contributed by atoms with Gasteiger partial charge in [-0.1, -0.05) is 0 Å². The highest BCUT2D eigenvalue weighted by Crippen LogP contribution is 2.36. The minimum atomic E-state index is -0.494. The number of quaternary nitrogens is 3. The van der Waals surface area contributed by atoms with Gasteiger partial charge in [-0.05, 0) is 113 Å². The molecule has 16 N–H and O–H groups in total. The van der Waals surface area contributed by atoms with Crippen molar-refractivity contribution in [2.45, 2.75) is 20.8 Å². The fourth-order valence-corrected chi connectivity index (χ4v) is 15.6. The molecule has 23 rings (SSSR count). The number of hydrogen-bond acceptors (Lipinski definition) is 35. The maximum atomic E-state index is 12.7. The van der Waals surface area contributed by atoms with Crippen LogP contribution >= 0.6 is 0 Å². The van der Waals surface area contributed by atoms with Gasteiger partial charge in [0.1, 0.15) is 76.3 Å². The van der Waals surface area contributed by atoms with Crippen LogP contribution in [0.4, 0.5) is 69.3 Å². The van der Waals surface area contributed by atoms with Gasteiger partial charge >= 0.3 is 6.03 Å². The number of anilines is 9. The van der Waals surface area contributed by atoms with Gasteiger partial charge in [0.25, 0.3) is 0 Å². The number of amides is 2. The van der Waals surface area contributed by atoms with Gasteiger partial charge < -0.3 is 130 Å². The van der Waals surface area contributed by atoms with E-state index in [0.717, 1.165) is 116 Å². The SMILES string of the molecule is CCNc1c2c(nc(N)n3nc(-c4ccco4)nc23)nn1C.CCNc1c2c(nc(NC(=O)Nc3ccc(OC)cc3)n3nc(-c4ccco4)nc23)nn1C.CC[NH2+]c1c2c(nc(N)n3nc(-c4ccco4)nc23)nn1C.CN1CCN(c2c3c(nc(N)n4nc(-c5ccco5)nc34)nn2C)CC1.Cn1nc2nc(N)n3nc(-c4ccco4)nc3c2c1[NH+]1CC[NH+](C)CC1.[Cl-].[Cl-].[Cl-].[Cl-]. The second kappa shape index (κ2) is 38.2. The number of halogens is 4. The van der Waals surface area contributed by atoms with Crippen molar-refractivity contribution in [3.63, 3.8) is 0 Å². The fourth-order valence-electron chi connectivity index (χ4n) is 15.6. The van der Waals surface area contributed by atoms with E-state index in [1.54, 1.807) is 133 Å². The highest BCUT2D eigenvalue weighted by atomic mass is 35.5. The molecule has 133 heavy (non-hydrogen) atoms. The molecular formula is C79H90Cl4N43O7-. The van der Waals surface area contributed by atoms with Crippen molar-refractivity contribution in [3.8, 4) is 63.7 Å². The Balaban J connectivity index is 0.000000127. The molecule has 50 nitrogen and oxygen atoms in total. The third kappa shape index (κ3) is 17.3. The highest BCUT2D eigenvalue weighted by Gasteiger charge is 2.34. The van der Waals surface area contributed by atoms with Crippen molar-refractivity contribution in [1.29, 1.82) is 0 Å². The van der Waals surface area contributed by atoms with Gasteiger partial charge in [-0.2, -0.15) is 62.8 Å². The number of carbonyl (C=O) groups excluding carboxylic acids is 1. The van der Waals surface area contributed by atoms with Crippen molar-refractivity contribution in [3.05, 3.63) is 116 Å². The van der Waals surface area contributed by atoms with Crippen LogP contribution in [-0.4, -0.2) is 251 Å². The van der Waals surface area contributed by atoms with Gasteiger partial charge in [-0.3, -0.25) is 24.9 Å². The van der Waals surface area contributed by atoms with Crippen LogP contribution in [0.1, 0.15) is 20.8 Å². The van der Waals surface area contributed by atoms with Gasteiger partial charge in [-0.25, -0.2) is 43.8 Å². The monoisotopic (exact) mass is 1890 g/mol. The lowest BCUT2D eigenvalue weighted by molar-refractivity contribution is -0.976. The number of nitrogen functional groups attached to an aromatic ring is 4. The van der Waals surface area contributed by atoms with E-state index in [-0.39, 0.29) is 79.4 Å². The van der Waals surface area contributed by atoms with E-state index in [9.17, 15) is 4.79 Å². The lowest BCUT2D eigenvalue weighted by atomic mass is 10.3. The van der Waals surface area contributed by atoms with E-state index in [1.165, 1.54) is 18.4 Å². The Kier molecular flexibility index (Phi) is 26.5. The summed E-state index contributed by atoms with van der Waals surface area (Å²) in [6, 6.07) is 24.4. The molecule has 2 amide bonds. The predicted molar refractivity (Wildman–Crippen MR) is 474 cm³/mol. The summed E-state index contributed by atoms with van der Waals surface area (Å²) in [5, 5.41) is 62.8. The third-order valence-electron chi connectivity index (χ3n) is 21.7. The van der Waals surface area contributed by atoms with Crippen LogP contribution < -0.4 is 119 Å². The number of hydrogen-bond donors (Lipinski definition) is 11. The number of rotatable bonds is 16. The zero-order valence-electron chi connectivity index (χ0n) is 73.3. The molecule has 2 aliphatic heterocycles. The van der Waals surface area contributed by atoms with Gasteiger partial charge in [0.05, 0.1) is 52.0 Å². The van der Waals surface area contributed by atoms with E-state index in [0.29, 0.717) is 138 Å². The van der Waals surface area contributed by atoms with Crippen LogP contribution in [-0.2, 0) is 35.2 Å². The summed E-state index contributed by atoms with van der Waals surface area (Å²) in [6.07, 6.45) is 7.90. The molecule has 54 heteroatoms. The summed E-state index contributed by atoms with van der Waals surface area (Å²) in [5.74, 6) is 11.5. The van der Waals surface area contributed by atoms with E-state index in [2.05, 4.69) is 153 Å². The molecule has 2 fully saturated rings. The van der Waals surface area contributed by atoms with Gasteiger partial charge in [0, 0.05) is 80.2 Å². The number of likely N-dealkylation sites (N-methyl/N-ethyl adjacent to an activating group) is 2. The smallest absolute Gasteiger partial charge is 0.326 e. The average molecular weight is 1900 g/mol. The number of fused-ring (bicyclic) bond motifs is 15. The van der Waals surface area contributed by atoms with Crippen LogP contribution in [0.2, 0.25) is 0 Å². The predicted octanol–water partition coefficient (Wildman–Crippen LogP) is -8.77. The minimum Gasteiger partial charge on any atom is -1.00 e. The van der Waals surface area contributed by atoms with Crippen LogP contribution in [0, 0.1) is 0 Å². The Hall–Kier alpha value is -15.6. The molecule has 0 bridgehead atoms. The number of aryl methyl sites for hydroxylation is 5. The van der Waals surface area contributed by atoms with E-state index in [4.69, 9.17) is 54.7 Å². The molecule has 2 aliphatic rings. The highest BCUT2D eigenvalue weighted by molar-refractivity contribution is 6.05. The Morgan fingerprint density at radius 3 is 1.21 bits per heavy atom. The lowest BCUT2D eigenvalue weighted by Crippen LogP contribution is -3.25. The molecule has 21 aromatic rings. The second-order valence-electron chi connectivity index (χ2n) is 30.3. The van der Waals surface area contributed by atoms with Gasteiger partial charge in [0.2, 0.25) is 70.5 Å². The topological polar surface area (TPSA) is 581 Å². The van der Waals surface area contributed by atoms with Crippen LogP contribution in [0.5, 0.6) is 5.75 Å². The van der Waals surface area contributed by atoms with Crippen LogP contribution in [0.3, 0.4) is 0 Å².